The summed E-state index contributed by atoms with van der Waals surface area (Å²) < 4.78 is 7.07. The summed E-state index contributed by atoms with van der Waals surface area (Å²) in [5.41, 5.74) is 0.486. The lowest BCUT2D eigenvalue weighted by atomic mass is 10.1. The maximum Gasteiger partial charge on any atom is 0.353 e. The van der Waals surface area contributed by atoms with Gasteiger partial charge in [0.05, 0.1) is 11.5 Å². The largest absolute Gasteiger partial charge is 0.473 e. The molecule has 1 aromatic rings. The molecular weight excluding hydrogens is 248 g/mol. The molecule has 0 saturated carbocycles. The van der Waals surface area contributed by atoms with E-state index >= 15 is 0 Å². The number of hydrogen-bond acceptors (Lipinski definition) is 5. The molecule has 1 atom stereocenters. The standard InChI is InChI=1S/C12H20N4O3/c1-3-10-11(16(17)18)12(15(2)14-10)19-7-5-9-4-6-13-8-9/h9,13H,3-8H2,1-2H3. The van der Waals surface area contributed by atoms with Gasteiger partial charge < -0.3 is 10.1 Å². The van der Waals surface area contributed by atoms with Crippen molar-refractivity contribution in [3.05, 3.63) is 15.8 Å². The lowest BCUT2D eigenvalue weighted by Gasteiger charge is -2.09. The monoisotopic (exact) mass is 268 g/mol. The van der Waals surface area contributed by atoms with Crippen molar-refractivity contribution in [2.75, 3.05) is 19.7 Å². The molecule has 1 aliphatic heterocycles. The molecule has 19 heavy (non-hydrogen) atoms. The molecule has 2 heterocycles. The first-order chi connectivity index (χ1) is 9.13. The Kier molecular flexibility index (Phi) is 4.36. The number of rotatable bonds is 6. The molecule has 0 aromatic carbocycles. The number of nitrogens with one attached hydrogen (secondary N) is 1. The molecule has 2 rings (SSSR count). The third kappa shape index (κ3) is 3.04. The van der Waals surface area contributed by atoms with Crippen LogP contribution in [0, 0.1) is 16.0 Å². The first-order valence-electron chi connectivity index (χ1n) is 6.67. The van der Waals surface area contributed by atoms with Crippen LogP contribution in [-0.4, -0.2) is 34.4 Å². The summed E-state index contributed by atoms with van der Waals surface area (Å²) in [7, 11) is 1.68. The van der Waals surface area contributed by atoms with Gasteiger partial charge in [0.2, 0.25) is 0 Å². The van der Waals surface area contributed by atoms with Crippen molar-refractivity contribution in [3.63, 3.8) is 0 Å². The number of nitrogens with zero attached hydrogens (tertiary/aromatic N) is 3. The predicted octanol–water partition coefficient (Wildman–Crippen LogP) is 1.27. The zero-order valence-electron chi connectivity index (χ0n) is 11.4. The molecule has 7 nitrogen and oxygen atoms in total. The van der Waals surface area contributed by atoms with Gasteiger partial charge in [-0.1, -0.05) is 6.92 Å². The maximum absolute atomic E-state index is 11.1. The summed E-state index contributed by atoms with van der Waals surface area (Å²) in [5.74, 6) is 0.880. The van der Waals surface area contributed by atoms with E-state index in [2.05, 4.69) is 10.4 Å². The summed E-state index contributed by atoms with van der Waals surface area (Å²) >= 11 is 0. The Bertz CT molecular complexity index is 452. The van der Waals surface area contributed by atoms with Crippen LogP contribution >= 0.6 is 0 Å². The molecule has 106 valence electrons. The van der Waals surface area contributed by atoms with Gasteiger partial charge in [-0.05, 0) is 38.3 Å². The quantitative estimate of drug-likeness (QED) is 0.620. The second kappa shape index (κ2) is 6.01. The molecule has 1 N–H and O–H groups in total. The van der Waals surface area contributed by atoms with Crippen molar-refractivity contribution >= 4 is 5.69 Å². The minimum atomic E-state index is -0.404. The first kappa shape index (κ1) is 13.8. The Morgan fingerprint density at radius 1 is 1.63 bits per heavy atom. The van der Waals surface area contributed by atoms with E-state index in [0.29, 0.717) is 24.6 Å². The van der Waals surface area contributed by atoms with Crippen LogP contribution in [0.15, 0.2) is 0 Å². The van der Waals surface area contributed by atoms with Gasteiger partial charge >= 0.3 is 5.69 Å². The second-order valence-corrected chi connectivity index (χ2v) is 4.83. The van der Waals surface area contributed by atoms with E-state index in [4.69, 9.17) is 4.74 Å². The molecule has 0 aliphatic carbocycles. The minimum absolute atomic E-state index is 0.00884. The summed E-state index contributed by atoms with van der Waals surface area (Å²) in [5, 5.41) is 18.5. The van der Waals surface area contributed by atoms with Crippen LogP contribution in [0.2, 0.25) is 0 Å². The third-order valence-electron chi connectivity index (χ3n) is 3.49. The summed E-state index contributed by atoms with van der Waals surface area (Å²) in [6, 6.07) is 0. The highest BCUT2D eigenvalue weighted by atomic mass is 16.6. The van der Waals surface area contributed by atoms with Crippen molar-refractivity contribution in [2.24, 2.45) is 13.0 Å². The molecule has 1 fully saturated rings. The van der Waals surface area contributed by atoms with Crippen LogP contribution in [-0.2, 0) is 13.5 Å². The summed E-state index contributed by atoms with van der Waals surface area (Å²) in [6.45, 7) is 4.41. The van der Waals surface area contributed by atoms with Gasteiger partial charge in [0.15, 0.2) is 0 Å². The van der Waals surface area contributed by atoms with Crippen molar-refractivity contribution in [2.45, 2.75) is 26.2 Å². The third-order valence-corrected chi connectivity index (χ3v) is 3.49. The van der Waals surface area contributed by atoms with Crippen LogP contribution in [0.5, 0.6) is 5.88 Å². The van der Waals surface area contributed by atoms with Gasteiger partial charge in [-0.3, -0.25) is 10.1 Å². The Morgan fingerprint density at radius 2 is 2.42 bits per heavy atom. The lowest BCUT2D eigenvalue weighted by molar-refractivity contribution is -0.386. The molecule has 1 saturated heterocycles. The topological polar surface area (TPSA) is 82.2 Å². The van der Waals surface area contributed by atoms with E-state index in [-0.39, 0.29) is 11.6 Å². The number of aryl methyl sites for hydroxylation is 2. The molecule has 0 spiro atoms. The zero-order valence-corrected chi connectivity index (χ0v) is 11.4. The van der Waals surface area contributed by atoms with E-state index in [1.165, 1.54) is 4.68 Å². The van der Waals surface area contributed by atoms with Crippen LogP contribution in [0.4, 0.5) is 5.69 Å². The average Bonchev–Trinajstić information content (AvgIpc) is 2.97. The highest BCUT2D eigenvalue weighted by Crippen LogP contribution is 2.30. The molecule has 1 aromatic heterocycles. The molecule has 0 bridgehead atoms. The molecule has 1 aliphatic rings. The fourth-order valence-electron chi connectivity index (χ4n) is 2.42. The Labute approximate surface area is 112 Å². The minimum Gasteiger partial charge on any atom is -0.473 e. The van der Waals surface area contributed by atoms with E-state index in [1.807, 2.05) is 6.92 Å². The zero-order chi connectivity index (χ0) is 13.8. The number of hydrogen-bond donors (Lipinski definition) is 1. The molecule has 7 heteroatoms. The van der Waals surface area contributed by atoms with Gasteiger partial charge in [0.1, 0.15) is 5.69 Å². The first-order valence-corrected chi connectivity index (χ1v) is 6.67. The Morgan fingerprint density at radius 3 is 3.00 bits per heavy atom. The highest BCUT2D eigenvalue weighted by Gasteiger charge is 2.27. The number of aromatic nitrogens is 2. The van der Waals surface area contributed by atoms with Crippen molar-refractivity contribution in [1.82, 2.24) is 15.1 Å². The average molecular weight is 268 g/mol. The van der Waals surface area contributed by atoms with Gasteiger partial charge in [0.25, 0.3) is 5.88 Å². The van der Waals surface area contributed by atoms with Crippen molar-refractivity contribution in [3.8, 4) is 5.88 Å². The number of nitro groups is 1. The smallest absolute Gasteiger partial charge is 0.353 e. The summed E-state index contributed by atoms with van der Waals surface area (Å²) in [4.78, 5) is 10.7. The summed E-state index contributed by atoms with van der Waals surface area (Å²) in [6.07, 6.45) is 2.59. The SMILES string of the molecule is CCc1nn(C)c(OCCC2CCNC2)c1[N+](=O)[O-]. The van der Waals surface area contributed by atoms with Crippen molar-refractivity contribution in [1.29, 1.82) is 0 Å². The molecular formula is C12H20N4O3. The van der Waals surface area contributed by atoms with Crippen LogP contribution in [0.1, 0.15) is 25.5 Å². The van der Waals surface area contributed by atoms with Gasteiger partial charge in [-0.2, -0.15) is 5.10 Å². The second-order valence-electron chi connectivity index (χ2n) is 4.83. The number of ether oxygens (including phenoxy) is 1. The molecule has 1 unspecified atom stereocenters. The van der Waals surface area contributed by atoms with Gasteiger partial charge in [-0.25, -0.2) is 4.68 Å². The maximum atomic E-state index is 11.1. The fourth-order valence-corrected chi connectivity index (χ4v) is 2.42. The van der Waals surface area contributed by atoms with Gasteiger partial charge in [-0.15, -0.1) is 0 Å². The predicted molar refractivity (Wildman–Crippen MR) is 70.3 cm³/mol. The molecule has 0 amide bonds. The van der Waals surface area contributed by atoms with Crippen molar-refractivity contribution < 1.29 is 9.66 Å². The lowest BCUT2D eigenvalue weighted by Crippen LogP contribution is -2.12. The Balaban J connectivity index is 2.02. The normalized spacial score (nSPS) is 18.7. The van der Waals surface area contributed by atoms with E-state index in [9.17, 15) is 10.1 Å². The van der Waals surface area contributed by atoms with E-state index in [1.54, 1.807) is 7.05 Å². The van der Waals surface area contributed by atoms with E-state index in [0.717, 1.165) is 25.9 Å². The Hall–Kier alpha value is -1.63. The van der Waals surface area contributed by atoms with Gasteiger partial charge in [0, 0.05) is 7.05 Å². The van der Waals surface area contributed by atoms with Crippen LogP contribution in [0.25, 0.3) is 0 Å². The van der Waals surface area contributed by atoms with Crippen LogP contribution < -0.4 is 10.1 Å². The molecule has 0 radical (unpaired) electrons. The highest BCUT2D eigenvalue weighted by molar-refractivity contribution is 5.46. The van der Waals surface area contributed by atoms with Crippen LogP contribution in [0.3, 0.4) is 0 Å². The van der Waals surface area contributed by atoms with E-state index < -0.39 is 4.92 Å². The fraction of sp³-hybridized carbons (Fsp3) is 0.750.